The standard InChI is InChI=1S/C40H50N8O5/c1-4-28(24-49)43-34-20-35(48-38(45-34)31(22-42-48)25(2)3)41-21-26-14-16-29(17-15-26)44-36(50)13-8-6-5-7-10-27-11-9-12-30-32(27)23-47(40(30)53)33-18-19-37(51)46-39(33)52/h9,11-12,14-17,20,22,25,28,33,41,49H,4-8,10,13,18-19,21,23-24H2,1-3H3,(H,43,45)(H,44,50)(H,46,51,52)/t28-,33?/m0/s1. The van der Waals surface area contributed by atoms with Crippen molar-refractivity contribution in [3.8, 4) is 0 Å². The number of nitrogens with zero attached hydrogens (tertiary/aromatic N) is 4. The molecule has 5 N–H and O–H groups in total. The van der Waals surface area contributed by atoms with Gasteiger partial charge in [0.15, 0.2) is 5.65 Å². The lowest BCUT2D eigenvalue weighted by atomic mass is 9.98. The van der Waals surface area contributed by atoms with Gasteiger partial charge in [0.25, 0.3) is 5.91 Å². The highest BCUT2D eigenvalue weighted by molar-refractivity contribution is 6.05. The maximum atomic E-state index is 13.1. The summed E-state index contributed by atoms with van der Waals surface area (Å²) in [4.78, 5) is 56.2. The van der Waals surface area contributed by atoms with Gasteiger partial charge in [0.1, 0.15) is 17.7 Å². The number of imide groups is 1. The van der Waals surface area contributed by atoms with Crippen molar-refractivity contribution in [3.63, 3.8) is 0 Å². The summed E-state index contributed by atoms with van der Waals surface area (Å²) in [6, 6.07) is 14.7. The SMILES string of the molecule is CC[C@@H](CO)Nc1cc(NCc2ccc(NC(=O)CCCCCCc3cccc4c3CN(C3CCC(=O)NC3=O)C4=O)cc2)n2ncc(C(C)C)c2n1. The van der Waals surface area contributed by atoms with Crippen LogP contribution in [-0.4, -0.2) is 66.9 Å². The van der Waals surface area contributed by atoms with Crippen LogP contribution in [0.1, 0.15) is 111 Å². The van der Waals surface area contributed by atoms with Gasteiger partial charge in [0.2, 0.25) is 17.7 Å². The van der Waals surface area contributed by atoms with E-state index in [9.17, 15) is 24.3 Å². The monoisotopic (exact) mass is 722 g/mol. The number of hydrogen-bond acceptors (Lipinski definition) is 9. The van der Waals surface area contributed by atoms with Crippen molar-refractivity contribution < 1.29 is 24.3 Å². The number of unbranched alkanes of at least 4 members (excludes halogenated alkanes) is 3. The van der Waals surface area contributed by atoms with Crippen LogP contribution in [0.2, 0.25) is 0 Å². The Balaban J connectivity index is 0.938. The quantitative estimate of drug-likeness (QED) is 0.0694. The highest BCUT2D eigenvalue weighted by atomic mass is 16.3. The maximum absolute atomic E-state index is 13.1. The molecule has 1 unspecified atom stereocenters. The number of aliphatic hydroxyl groups is 1. The van der Waals surface area contributed by atoms with E-state index in [1.807, 2.05) is 66.2 Å². The number of rotatable bonds is 17. The van der Waals surface area contributed by atoms with E-state index in [0.29, 0.717) is 37.3 Å². The first-order valence-electron chi connectivity index (χ1n) is 18.8. The highest BCUT2D eigenvalue weighted by Crippen LogP contribution is 2.31. The van der Waals surface area contributed by atoms with Crippen molar-refractivity contribution in [1.29, 1.82) is 0 Å². The van der Waals surface area contributed by atoms with Gasteiger partial charge in [0.05, 0.1) is 18.8 Å². The first-order valence-corrected chi connectivity index (χ1v) is 18.8. The van der Waals surface area contributed by atoms with Gasteiger partial charge in [-0.15, -0.1) is 0 Å². The number of carbonyl (C=O) groups is 4. The van der Waals surface area contributed by atoms with Crippen LogP contribution in [0, 0.1) is 0 Å². The van der Waals surface area contributed by atoms with Crippen molar-refractivity contribution in [2.45, 2.75) is 110 Å². The van der Waals surface area contributed by atoms with Crippen molar-refractivity contribution in [3.05, 3.63) is 82.5 Å². The van der Waals surface area contributed by atoms with Gasteiger partial charge in [-0.25, -0.2) is 4.98 Å². The van der Waals surface area contributed by atoms with Crippen LogP contribution in [0.25, 0.3) is 5.65 Å². The number of aromatic nitrogens is 3. The molecule has 1 fully saturated rings. The molecule has 4 heterocycles. The van der Waals surface area contributed by atoms with E-state index in [-0.39, 0.29) is 42.7 Å². The lowest BCUT2D eigenvalue weighted by Gasteiger charge is -2.29. The lowest BCUT2D eigenvalue weighted by Crippen LogP contribution is -2.52. The molecule has 2 aromatic heterocycles. The van der Waals surface area contributed by atoms with Crippen LogP contribution in [0.5, 0.6) is 0 Å². The minimum Gasteiger partial charge on any atom is -0.394 e. The third kappa shape index (κ3) is 8.85. The van der Waals surface area contributed by atoms with Gasteiger partial charge >= 0.3 is 0 Å². The molecule has 2 aromatic carbocycles. The number of aryl methyl sites for hydroxylation is 1. The number of piperidine rings is 1. The molecule has 280 valence electrons. The van der Waals surface area contributed by atoms with Gasteiger partial charge in [-0.3, -0.25) is 24.5 Å². The lowest BCUT2D eigenvalue weighted by molar-refractivity contribution is -0.137. The largest absolute Gasteiger partial charge is 0.394 e. The summed E-state index contributed by atoms with van der Waals surface area (Å²) in [7, 11) is 0. The minimum absolute atomic E-state index is 0.0174. The molecule has 4 aromatic rings. The summed E-state index contributed by atoms with van der Waals surface area (Å²) < 4.78 is 1.81. The predicted octanol–water partition coefficient (Wildman–Crippen LogP) is 5.54. The maximum Gasteiger partial charge on any atom is 0.255 e. The molecule has 4 amide bonds. The first-order chi connectivity index (χ1) is 25.6. The van der Waals surface area contributed by atoms with Crippen LogP contribution in [0.3, 0.4) is 0 Å². The number of hydrogen-bond donors (Lipinski definition) is 5. The third-order valence-corrected chi connectivity index (χ3v) is 10.2. The summed E-state index contributed by atoms with van der Waals surface area (Å²) in [6.45, 7) is 7.19. The van der Waals surface area contributed by atoms with Crippen molar-refractivity contribution in [2.75, 3.05) is 22.6 Å². The number of carbonyl (C=O) groups excluding carboxylic acids is 4. The number of benzene rings is 2. The zero-order valence-corrected chi connectivity index (χ0v) is 30.8. The summed E-state index contributed by atoms with van der Waals surface area (Å²) in [5.74, 6) is 0.859. The fraction of sp³-hybridized carbons (Fsp3) is 0.450. The molecule has 2 aliphatic rings. The molecule has 6 rings (SSSR count). The molecule has 1 saturated heterocycles. The first kappa shape index (κ1) is 37.5. The Hall–Kier alpha value is -5.30. The minimum atomic E-state index is -0.615. The van der Waals surface area contributed by atoms with Crippen LogP contribution >= 0.6 is 0 Å². The van der Waals surface area contributed by atoms with E-state index in [4.69, 9.17) is 4.98 Å². The van der Waals surface area contributed by atoms with Gasteiger partial charge in [-0.2, -0.15) is 9.61 Å². The average molecular weight is 723 g/mol. The number of aliphatic hydroxyl groups excluding tert-OH is 1. The van der Waals surface area contributed by atoms with Crippen LogP contribution in [-0.2, 0) is 33.9 Å². The summed E-state index contributed by atoms with van der Waals surface area (Å²) in [5, 5.41) is 26.5. The molecule has 13 nitrogen and oxygen atoms in total. The topological polar surface area (TPSA) is 170 Å². The molecule has 2 atom stereocenters. The summed E-state index contributed by atoms with van der Waals surface area (Å²) >= 11 is 0. The van der Waals surface area contributed by atoms with Gasteiger partial charge in [-0.1, -0.05) is 57.9 Å². The molecular formula is C40H50N8O5. The molecule has 0 spiro atoms. The van der Waals surface area contributed by atoms with E-state index in [2.05, 4.69) is 40.2 Å². The number of fused-ring (bicyclic) bond motifs is 2. The fourth-order valence-corrected chi connectivity index (χ4v) is 7.03. The number of anilines is 3. The second-order valence-corrected chi connectivity index (χ2v) is 14.3. The van der Waals surface area contributed by atoms with E-state index in [0.717, 1.165) is 77.9 Å². The molecule has 0 radical (unpaired) electrons. The van der Waals surface area contributed by atoms with Gasteiger partial charge in [-0.05, 0) is 72.9 Å². The average Bonchev–Trinajstić information content (AvgIpc) is 3.73. The fourth-order valence-electron chi connectivity index (χ4n) is 7.03. The molecule has 0 saturated carbocycles. The second kappa shape index (κ2) is 17.0. The molecule has 2 aliphatic heterocycles. The van der Waals surface area contributed by atoms with E-state index < -0.39 is 11.9 Å². The Labute approximate surface area is 309 Å². The molecule has 13 heteroatoms. The van der Waals surface area contributed by atoms with E-state index in [1.165, 1.54) is 0 Å². The molecule has 0 bridgehead atoms. The Bertz CT molecular complexity index is 1950. The number of amides is 4. The smallest absolute Gasteiger partial charge is 0.255 e. The van der Waals surface area contributed by atoms with E-state index in [1.54, 1.807) is 4.90 Å². The second-order valence-electron chi connectivity index (χ2n) is 14.3. The Morgan fingerprint density at radius 3 is 2.58 bits per heavy atom. The predicted molar refractivity (Wildman–Crippen MR) is 204 cm³/mol. The van der Waals surface area contributed by atoms with Gasteiger partial charge in [0, 0.05) is 48.8 Å². The number of nitrogens with one attached hydrogen (secondary N) is 4. The van der Waals surface area contributed by atoms with Crippen molar-refractivity contribution in [1.82, 2.24) is 24.8 Å². The zero-order chi connectivity index (χ0) is 37.5. The van der Waals surface area contributed by atoms with Crippen LogP contribution < -0.4 is 21.3 Å². The Morgan fingerprint density at radius 2 is 1.85 bits per heavy atom. The normalized spacial score (nSPS) is 16.2. The van der Waals surface area contributed by atoms with Crippen molar-refractivity contribution >= 4 is 46.6 Å². The van der Waals surface area contributed by atoms with Gasteiger partial charge < -0.3 is 26.0 Å². The zero-order valence-electron chi connectivity index (χ0n) is 30.8. The summed E-state index contributed by atoms with van der Waals surface area (Å²) in [6.07, 6.45) is 8.06. The molecule has 53 heavy (non-hydrogen) atoms. The molecular weight excluding hydrogens is 672 g/mol. The van der Waals surface area contributed by atoms with Crippen molar-refractivity contribution in [2.24, 2.45) is 0 Å². The Kier molecular flexibility index (Phi) is 12.0. The third-order valence-electron chi connectivity index (χ3n) is 10.2. The molecule has 0 aliphatic carbocycles. The van der Waals surface area contributed by atoms with E-state index >= 15 is 0 Å². The summed E-state index contributed by atoms with van der Waals surface area (Å²) in [5.41, 5.74) is 6.34. The van der Waals surface area contributed by atoms with Crippen LogP contribution in [0.15, 0.2) is 54.7 Å². The highest BCUT2D eigenvalue weighted by Gasteiger charge is 2.39. The Morgan fingerprint density at radius 1 is 1.06 bits per heavy atom. The van der Waals surface area contributed by atoms with Crippen LogP contribution in [0.4, 0.5) is 17.3 Å².